The molecule has 0 bridgehead atoms. The predicted molar refractivity (Wildman–Crippen MR) is 162 cm³/mol. The fourth-order valence-electron chi connectivity index (χ4n) is 5.07. The molecular formula is C35H31NO7. The van der Waals surface area contributed by atoms with Crippen LogP contribution < -0.4 is 14.4 Å². The van der Waals surface area contributed by atoms with Crippen LogP contribution in [0.4, 0.5) is 5.69 Å². The van der Waals surface area contributed by atoms with Gasteiger partial charge < -0.3 is 19.3 Å². The van der Waals surface area contributed by atoms with Crippen molar-refractivity contribution in [3.63, 3.8) is 0 Å². The Balaban J connectivity index is 1.58. The van der Waals surface area contributed by atoms with Gasteiger partial charge in [0, 0.05) is 11.3 Å². The highest BCUT2D eigenvalue weighted by Crippen LogP contribution is 2.43. The van der Waals surface area contributed by atoms with Gasteiger partial charge in [-0.3, -0.25) is 14.5 Å². The van der Waals surface area contributed by atoms with E-state index in [-0.39, 0.29) is 23.5 Å². The van der Waals surface area contributed by atoms with Crippen LogP contribution in [-0.4, -0.2) is 36.5 Å². The molecule has 1 aliphatic rings. The van der Waals surface area contributed by atoms with Crippen molar-refractivity contribution in [2.75, 3.05) is 18.6 Å². The number of aliphatic hydroxyl groups excluding tert-OH is 1. The number of esters is 1. The van der Waals surface area contributed by atoms with Gasteiger partial charge in [0.05, 0.1) is 30.9 Å². The summed E-state index contributed by atoms with van der Waals surface area (Å²) in [7, 11) is 1.52. The number of amides is 1. The van der Waals surface area contributed by atoms with Crippen LogP contribution >= 0.6 is 0 Å². The second kappa shape index (κ2) is 12.7. The van der Waals surface area contributed by atoms with Gasteiger partial charge >= 0.3 is 5.97 Å². The van der Waals surface area contributed by atoms with Crippen LogP contribution in [-0.2, 0) is 20.9 Å². The Labute approximate surface area is 249 Å². The molecule has 0 spiro atoms. The Hall–Kier alpha value is -5.37. The number of hydrogen-bond acceptors (Lipinski definition) is 7. The maximum Gasteiger partial charge on any atom is 0.338 e. The van der Waals surface area contributed by atoms with Crippen molar-refractivity contribution in [3.05, 3.63) is 130 Å². The fraction of sp³-hybridized carbons (Fsp3) is 0.171. The lowest BCUT2D eigenvalue weighted by atomic mass is 9.94. The molecule has 0 radical (unpaired) electrons. The average Bonchev–Trinajstić information content (AvgIpc) is 3.30. The number of hydrogen-bond donors (Lipinski definition) is 1. The molecule has 1 unspecified atom stereocenters. The predicted octanol–water partition coefficient (Wildman–Crippen LogP) is 6.39. The highest BCUT2D eigenvalue weighted by molar-refractivity contribution is 6.51. The van der Waals surface area contributed by atoms with Gasteiger partial charge in [0.1, 0.15) is 23.9 Å². The second-order valence-corrected chi connectivity index (χ2v) is 9.97. The van der Waals surface area contributed by atoms with Gasteiger partial charge in [-0.05, 0) is 79.1 Å². The molecular weight excluding hydrogens is 546 g/mol. The van der Waals surface area contributed by atoms with E-state index in [0.29, 0.717) is 34.9 Å². The molecule has 1 atom stereocenters. The molecule has 0 aliphatic carbocycles. The molecule has 1 aliphatic heterocycles. The van der Waals surface area contributed by atoms with E-state index in [1.54, 1.807) is 67.6 Å². The minimum absolute atomic E-state index is 0.0860. The van der Waals surface area contributed by atoms with Crippen LogP contribution in [0.5, 0.6) is 11.5 Å². The number of aryl methyl sites for hydroxylation is 1. The highest BCUT2D eigenvalue weighted by atomic mass is 16.5. The van der Waals surface area contributed by atoms with Gasteiger partial charge in [-0.2, -0.15) is 0 Å². The standard InChI is InChI=1S/C35H31NO7/c1-4-42-35(40)26-13-8-14-27(19-26)36-31(24-12-9-15-28(20-24)41-3)30(33(38)34(36)39)32(37)25-16-17-29(22(2)18-25)43-21-23-10-6-5-7-11-23/h5-20,31,37H,4,21H2,1-3H3/b32-30+. The number of rotatable bonds is 9. The fourth-order valence-corrected chi connectivity index (χ4v) is 5.07. The van der Waals surface area contributed by atoms with Crippen LogP contribution in [0.2, 0.25) is 0 Å². The summed E-state index contributed by atoms with van der Waals surface area (Å²) in [5.74, 6) is -1.43. The summed E-state index contributed by atoms with van der Waals surface area (Å²) >= 11 is 0. The zero-order chi connectivity index (χ0) is 30.5. The minimum Gasteiger partial charge on any atom is -0.507 e. The molecule has 43 heavy (non-hydrogen) atoms. The summed E-state index contributed by atoms with van der Waals surface area (Å²) in [4.78, 5) is 41.0. The van der Waals surface area contributed by atoms with Crippen LogP contribution in [0, 0.1) is 6.92 Å². The van der Waals surface area contributed by atoms with Crippen molar-refractivity contribution in [1.82, 2.24) is 0 Å². The number of benzene rings is 4. The first-order valence-corrected chi connectivity index (χ1v) is 13.8. The summed E-state index contributed by atoms with van der Waals surface area (Å²) in [5, 5.41) is 11.6. The lowest BCUT2D eigenvalue weighted by Gasteiger charge is -2.26. The second-order valence-electron chi connectivity index (χ2n) is 9.97. The maximum absolute atomic E-state index is 13.6. The SMILES string of the molecule is CCOC(=O)c1cccc(N2C(=O)C(=O)/C(=C(/O)c3ccc(OCc4ccccc4)c(C)c3)C2c2cccc(OC)c2)c1. The van der Waals surface area contributed by atoms with Crippen molar-refractivity contribution < 1.29 is 33.7 Å². The van der Waals surface area contributed by atoms with Gasteiger partial charge in [-0.25, -0.2) is 4.79 Å². The normalized spacial score (nSPS) is 15.8. The number of nitrogens with zero attached hydrogens (tertiary/aromatic N) is 1. The number of anilines is 1. The van der Waals surface area contributed by atoms with Crippen molar-refractivity contribution >= 4 is 29.1 Å². The lowest BCUT2D eigenvalue weighted by molar-refractivity contribution is -0.132. The van der Waals surface area contributed by atoms with Crippen LogP contribution in [0.15, 0.2) is 103 Å². The van der Waals surface area contributed by atoms with Crippen LogP contribution in [0.3, 0.4) is 0 Å². The number of ketones is 1. The number of ether oxygens (including phenoxy) is 3. The van der Waals surface area contributed by atoms with E-state index in [0.717, 1.165) is 11.1 Å². The number of carbonyl (C=O) groups is 3. The summed E-state index contributed by atoms with van der Waals surface area (Å²) in [6.45, 7) is 4.11. The molecule has 5 rings (SSSR count). The van der Waals surface area contributed by atoms with E-state index in [1.165, 1.54) is 18.1 Å². The van der Waals surface area contributed by atoms with Crippen LogP contribution in [0.25, 0.3) is 5.76 Å². The third-order valence-electron chi connectivity index (χ3n) is 7.17. The average molecular weight is 578 g/mol. The Kier molecular flexibility index (Phi) is 8.57. The van der Waals surface area contributed by atoms with Crippen molar-refractivity contribution in [2.45, 2.75) is 26.5 Å². The van der Waals surface area contributed by atoms with E-state index in [4.69, 9.17) is 14.2 Å². The third kappa shape index (κ3) is 5.99. The van der Waals surface area contributed by atoms with E-state index in [9.17, 15) is 19.5 Å². The minimum atomic E-state index is -0.998. The monoisotopic (exact) mass is 577 g/mol. The lowest BCUT2D eigenvalue weighted by Crippen LogP contribution is -2.29. The van der Waals surface area contributed by atoms with Crippen molar-refractivity contribution in [1.29, 1.82) is 0 Å². The van der Waals surface area contributed by atoms with Gasteiger partial charge in [0.2, 0.25) is 0 Å². The van der Waals surface area contributed by atoms with Gasteiger partial charge in [-0.15, -0.1) is 0 Å². The molecule has 0 saturated carbocycles. The summed E-state index contributed by atoms with van der Waals surface area (Å²) in [6.07, 6.45) is 0. The van der Waals surface area contributed by atoms with E-state index < -0.39 is 23.7 Å². The Morgan fingerprint density at radius 1 is 0.884 bits per heavy atom. The zero-order valence-corrected chi connectivity index (χ0v) is 24.1. The molecule has 218 valence electrons. The molecule has 1 N–H and O–H groups in total. The third-order valence-corrected chi connectivity index (χ3v) is 7.17. The Morgan fingerprint density at radius 3 is 2.37 bits per heavy atom. The quantitative estimate of drug-likeness (QED) is 0.107. The van der Waals surface area contributed by atoms with Crippen LogP contribution in [0.1, 0.15) is 45.6 Å². The number of aliphatic hydroxyl groups is 1. The molecule has 0 aromatic heterocycles. The molecule has 8 heteroatoms. The van der Waals surface area contributed by atoms with E-state index in [2.05, 4.69) is 0 Å². The van der Waals surface area contributed by atoms with E-state index >= 15 is 0 Å². The highest BCUT2D eigenvalue weighted by Gasteiger charge is 2.47. The number of carbonyl (C=O) groups excluding carboxylic acids is 3. The van der Waals surface area contributed by atoms with Gasteiger partial charge in [-0.1, -0.05) is 48.5 Å². The van der Waals surface area contributed by atoms with Gasteiger partial charge in [0.15, 0.2) is 0 Å². The topological polar surface area (TPSA) is 102 Å². The van der Waals surface area contributed by atoms with Crippen molar-refractivity contribution in [3.8, 4) is 11.5 Å². The molecule has 1 saturated heterocycles. The summed E-state index contributed by atoms with van der Waals surface area (Å²) < 4.78 is 16.5. The summed E-state index contributed by atoms with van der Waals surface area (Å²) in [6, 6.07) is 27.1. The molecule has 1 fully saturated rings. The number of methoxy groups -OCH3 is 1. The Morgan fingerprint density at radius 2 is 1.65 bits per heavy atom. The zero-order valence-electron chi connectivity index (χ0n) is 24.1. The van der Waals surface area contributed by atoms with Crippen molar-refractivity contribution in [2.24, 2.45) is 0 Å². The molecule has 1 heterocycles. The summed E-state index contributed by atoms with van der Waals surface area (Å²) in [5.41, 5.74) is 3.11. The molecule has 1 amide bonds. The smallest absolute Gasteiger partial charge is 0.338 e. The molecule has 4 aromatic rings. The largest absolute Gasteiger partial charge is 0.507 e. The first-order valence-electron chi connectivity index (χ1n) is 13.8. The van der Waals surface area contributed by atoms with Gasteiger partial charge in [0.25, 0.3) is 11.7 Å². The first kappa shape index (κ1) is 29.1. The number of Topliss-reactive ketones (excluding diaryl/α,β-unsaturated/α-hetero) is 1. The maximum atomic E-state index is 13.6. The van der Waals surface area contributed by atoms with E-state index in [1.807, 2.05) is 37.3 Å². The molecule has 8 nitrogen and oxygen atoms in total. The molecule has 4 aromatic carbocycles. The Bertz CT molecular complexity index is 1710. The first-order chi connectivity index (χ1) is 20.8.